The minimum absolute atomic E-state index is 0.240. The van der Waals surface area contributed by atoms with Crippen molar-refractivity contribution in [3.8, 4) is 23.3 Å². The summed E-state index contributed by atoms with van der Waals surface area (Å²) in [5, 5.41) is 4.80. The number of hydrogen-bond donors (Lipinski definition) is 0. The molecule has 3 aliphatic rings. The molecule has 0 saturated heterocycles. The van der Waals surface area contributed by atoms with Crippen molar-refractivity contribution in [3.05, 3.63) is 40.8 Å². The minimum Gasteiger partial charge on any atom is -0.493 e. The predicted octanol–water partition coefficient (Wildman–Crippen LogP) is 5.64. The lowest BCUT2D eigenvalue weighted by atomic mass is 9.69. The van der Waals surface area contributed by atoms with Crippen LogP contribution in [0.3, 0.4) is 0 Å². The molecule has 1 aromatic carbocycles. The third-order valence-corrected chi connectivity index (χ3v) is 7.85. The molecule has 0 spiro atoms. The average Bonchev–Trinajstić information content (AvgIpc) is 3.61. The van der Waals surface area contributed by atoms with Gasteiger partial charge >= 0.3 is 0 Å². The number of benzene rings is 1. The summed E-state index contributed by atoms with van der Waals surface area (Å²) >= 11 is 1.59. The Morgan fingerprint density at radius 3 is 2.68 bits per heavy atom. The van der Waals surface area contributed by atoms with Gasteiger partial charge in [-0.25, -0.2) is 4.99 Å². The quantitative estimate of drug-likeness (QED) is 0.521. The van der Waals surface area contributed by atoms with Gasteiger partial charge in [0, 0.05) is 30.7 Å². The molecular weight excluding hydrogens is 448 g/mol. The Bertz CT molecular complexity index is 1140. The second-order valence-corrected chi connectivity index (χ2v) is 10.1. The average molecular weight is 479 g/mol. The normalized spacial score (nSPS) is 19.9. The van der Waals surface area contributed by atoms with E-state index < -0.39 is 0 Å². The molecule has 5 rings (SSSR count). The second kappa shape index (κ2) is 9.71. The fraction of sp³-hybridized carbons (Fsp3) is 0.481. The van der Waals surface area contributed by atoms with Crippen molar-refractivity contribution >= 4 is 28.0 Å². The molecule has 34 heavy (non-hydrogen) atoms. The highest BCUT2D eigenvalue weighted by molar-refractivity contribution is 7.14. The Balaban J connectivity index is 1.44. The van der Waals surface area contributed by atoms with Crippen LogP contribution in [0.1, 0.15) is 69.4 Å². The summed E-state index contributed by atoms with van der Waals surface area (Å²) in [7, 11) is 1.68. The van der Waals surface area contributed by atoms with Crippen LogP contribution in [-0.4, -0.2) is 31.6 Å². The number of aliphatic imine (C=N–C) groups is 1. The number of hydroxylamine groups is 1. The maximum absolute atomic E-state index is 12.1. The Kier molecular flexibility index (Phi) is 6.51. The first-order chi connectivity index (χ1) is 16.5. The Labute approximate surface area is 204 Å². The molecule has 2 saturated carbocycles. The molecule has 0 N–H and O–H groups in total. The van der Waals surface area contributed by atoms with E-state index in [1.807, 2.05) is 24.4 Å². The topological polar surface area (TPSA) is 60.4 Å². The number of Topliss-reactive ketones (excluding diaryl/α,β-unsaturated/α-hetero) is 1. The minimum atomic E-state index is -0.389. The summed E-state index contributed by atoms with van der Waals surface area (Å²) in [5.41, 5.74) is 1.66. The number of nitrogens with zero attached hydrogens (tertiary/aromatic N) is 2. The van der Waals surface area contributed by atoms with Gasteiger partial charge in [-0.1, -0.05) is 17.9 Å². The number of ketones is 1. The van der Waals surface area contributed by atoms with Crippen molar-refractivity contribution in [1.29, 1.82) is 0 Å². The summed E-state index contributed by atoms with van der Waals surface area (Å²) in [4.78, 5) is 22.0. The highest BCUT2D eigenvalue weighted by Crippen LogP contribution is 2.42. The number of ether oxygens (including phenoxy) is 2. The van der Waals surface area contributed by atoms with E-state index in [4.69, 9.17) is 14.3 Å². The van der Waals surface area contributed by atoms with Crippen molar-refractivity contribution in [2.24, 2.45) is 4.99 Å². The molecule has 178 valence electrons. The largest absolute Gasteiger partial charge is 0.493 e. The lowest BCUT2D eigenvalue weighted by molar-refractivity contribution is -0.120. The van der Waals surface area contributed by atoms with Crippen LogP contribution >= 0.6 is 11.3 Å². The highest BCUT2D eigenvalue weighted by atomic mass is 32.1. The highest BCUT2D eigenvalue weighted by Gasteiger charge is 2.36. The van der Waals surface area contributed by atoms with Gasteiger partial charge in [-0.15, -0.1) is 11.3 Å². The summed E-state index contributed by atoms with van der Waals surface area (Å²) in [6, 6.07) is 8.20. The number of hydrogen-bond acceptors (Lipinski definition) is 7. The number of methoxy groups -OCH3 is 1. The molecule has 0 radical (unpaired) electrons. The molecule has 0 atom stereocenters. The first-order valence-corrected chi connectivity index (χ1v) is 12.9. The first kappa shape index (κ1) is 22.8. The molecule has 0 amide bonds. The molecule has 6 nitrogen and oxygen atoms in total. The van der Waals surface area contributed by atoms with E-state index >= 15 is 0 Å². The van der Waals surface area contributed by atoms with E-state index in [-0.39, 0.29) is 11.5 Å². The molecule has 7 heteroatoms. The zero-order valence-corrected chi connectivity index (χ0v) is 20.6. The second-order valence-electron chi connectivity index (χ2n) is 9.22. The van der Waals surface area contributed by atoms with Crippen molar-refractivity contribution in [3.63, 3.8) is 0 Å². The van der Waals surface area contributed by atoms with Gasteiger partial charge in [0.15, 0.2) is 18.2 Å². The molecule has 2 aromatic rings. The third kappa shape index (κ3) is 4.78. The van der Waals surface area contributed by atoms with E-state index in [0.717, 1.165) is 40.5 Å². The van der Waals surface area contributed by atoms with E-state index in [1.165, 1.54) is 12.8 Å². The maximum Gasteiger partial charge on any atom is 0.216 e. The van der Waals surface area contributed by atoms with Gasteiger partial charge in [0.05, 0.1) is 18.6 Å². The monoisotopic (exact) mass is 478 g/mol. The van der Waals surface area contributed by atoms with Crippen molar-refractivity contribution in [2.75, 3.05) is 18.8 Å². The van der Waals surface area contributed by atoms with Crippen molar-refractivity contribution in [2.45, 2.75) is 69.8 Å². The number of rotatable bonds is 5. The number of carbonyl (C=O) groups is 1. The summed E-state index contributed by atoms with van der Waals surface area (Å²) in [6.07, 6.45) is 7.35. The smallest absolute Gasteiger partial charge is 0.216 e. The van der Waals surface area contributed by atoms with Crippen LogP contribution in [0.5, 0.6) is 11.5 Å². The molecule has 2 fully saturated rings. The van der Waals surface area contributed by atoms with E-state index in [0.29, 0.717) is 44.0 Å². The number of thiophene rings is 1. The van der Waals surface area contributed by atoms with E-state index in [1.54, 1.807) is 23.5 Å². The summed E-state index contributed by atoms with van der Waals surface area (Å²) in [6.45, 7) is 2.35. The van der Waals surface area contributed by atoms with E-state index in [2.05, 4.69) is 29.0 Å². The van der Waals surface area contributed by atoms with Gasteiger partial charge in [-0.05, 0) is 62.3 Å². The molecule has 0 bridgehead atoms. The van der Waals surface area contributed by atoms with Crippen LogP contribution in [0, 0.1) is 11.8 Å². The zero-order chi connectivity index (χ0) is 23.5. The van der Waals surface area contributed by atoms with Gasteiger partial charge in [-0.3, -0.25) is 4.79 Å². The van der Waals surface area contributed by atoms with Crippen molar-refractivity contribution < 1.29 is 19.1 Å². The van der Waals surface area contributed by atoms with Crippen LogP contribution in [0.15, 0.2) is 34.6 Å². The standard InChI is InChI=1S/C27H30N2O4S/c1-19-28-18-29(33-19)26-15-20(17-34-26)9-12-27(13-10-22(30)11-14-27)21-7-8-24(31-2)25(16-21)32-23-5-3-4-6-23/h7-8,15-17,23H,3-6,10-11,13-14,18H2,1-2H3. The van der Waals surface area contributed by atoms with Crippen molar-refractivity contribution in [1.82, 2.24) is 0 Å². The zero-order valence-electron chi connectivity index (χ0n) is 19.8. The molecule has 1 aliphatic heterocycles. The number of carbonyl (C=O) groups excluding carboxylic acids is 1. The predicted molar refractivity (Wildman–Crippen MR) is 134 cm³/mol. The fourth-order valence-corrected chi connectivity index (χ4v) is 5.68. The van der Waals surface area contributed by atoms with Crippen LogP contribution in [-0.2, 0) is 15.0 Å². The lowest BCUT2D eigenvalue weighted by Crippen LogP contribution is -2.30. The Morgan fingerprint density at radius 2 is 1.97 bits per heavy atom. The third-order valence-electron chi connectivity index (χ3n) is 6.91. The van der Waals surface area contributed by atoms with Gasteiger partial charge in [0.1, 0.15) is 10.8 Å². The van der Waals surface area contributed by atoms with Gasteiger partial charge < -0.3 is 14.3 Å². The van der Waals surface area contributed by atoms with E-state index in [9.17, 15) is 4.79 Å². The molecule has 2 heterocycles. The van der Waals surface area contributed by atoms with Gasteiger partial charge in [0.25, 0.3) is 0 Å². The van der Waals surface area contributed by atoms with Crippen LogP contribution in [0.2, 0.25) is 0 Å². The van der Waals surface area contributed by atoms with Gasteiger partial charge in [-0.2, -0.15) is 5.06 Å². The lowest BCUT2D eigenvalue weighted by Gasteiger charge is -2.33. The first-order valence-electron chi connectivity index (χ1n) is 12.0. The van der Waals surface area contributed by atoms with Gasteiger partial charge in [0.2, 0.25) is 5.90 Å². The number of anilines is 1. The molecule has 2 aliphatic carbocycles. The van der Waals surface area contributed by atoms with Crippen LogP contribution in [0.4, 0.5) is 5.00 Å². The summed E-state index contributed by atoms with van der Waals surface area (Å²) < 4.78 is 12.0. The Morgan fingerprint density at radius 1 is 1.18 bits per heavy atom. The maximum atomic E-state index is 12.1. The fourth-order valence-electron chi connectivity index (χ4n) is 4.90. The molecular formula is C27H30N2O4S. The van der Waals surface area contributed by atoms with Crippen LogP contribution < -0.4 is 14.5 Å². The Hall–Kier alpha value is -2.98. The summed E-state index contributed by atoms with van der Waals surface area (Å²) in [5.74, 6) is 9.49. The molecule has 1 aromatic heterocycles. The van der Waals surface area contributed by atoms with Crippen LogP contribution in [0.25, 0.3) is 0 Å². The SMILES string of the molecule is COc1ccc(C2(C#Cc3csc(N4CN=C(C)O4)c3)CCC(=O)CC2)cc1OC1CCCC1. The molecule has 0 unspecified atom stereocenters.